The van der Waals surface area contributed by atoms with Gasteiger partial charge in [0.25, 0.3) is 0 Å². The van der Waals surface area contributed by atoms with Gasteiger partial charge in [0.15, 0.2) is 0 Å². The molecule has 22 heavy (non-hydrogen) atoms. The van der Waals surface area contributed by atoms with Crippen molar-refractivity contribution >= 4 is 7.05 Å². The van der Waals surface area contributed by atoms with Crippen LogP contribution in [-0.4, -0.2) is 29.9 Å². The van der Waals surface area contributed by atoms with Gasteiger partial charge in [0.05, 0.1) is 0 Å². The first-order valence-corrected chi connectivity index (χ1v) is 7.87. The third-order valence-electron chi connectivity index (χ3n) is 4.99. The Balaban J connectivity index is 0.00000144. The molecule has 2 fully saturated rings. The van der Waals surface area contributed by atoms with Gasteiger partial charge in [0, 0.05) is 6.04 Å². The van der Waals surface area contributed by atoms with Crippen LogP contribution in [0.5, 0.6) is 0 Å². The maximum absolute atomic E-state index is 6.61. The summed E-state index contributed by atoms with van der Waals surface area (Å²) >= 11 is 0. The zero-order chi connectivity index (χ0) is 14.3. The van der Waals surface area contributed by atoms with Gasteiger partial charge in [-0.3, -0.25) is 0 Å². The Morgan fingerprint density at radius 3 is 2.09 bits per heavy atom. The van der Waals surface area contributed by atoms with Crippen molar-refractivity contribution in [2.75, 3.05) is 6.54 Å². The second kappa shape index (κ2) is 5.88. The van der Waals surface area contributed by atoms with Crippen LogP contribution in [0, 0.1) is 0 Å². The summed E-state index contributed by atoms with van der Waals surface area (Å²) in [5.74, 6) is 0. The molecule has 2 heterocycles. The molecule has 4 heteroatoms. The lowest BCUT2D eigenvalue weighted by Crippen LogP contribution is -2.41. The van der Waals surface area contributed by atoms with Crippen molar-refractivity contribution in [2.24, 2.45) is 0 Å². The first kappa shape index (κ1) is 15.3. The number of rotatable bonds is 2. The van der Waals surface area contributed by atoms with Crippen molar-refractivity contribution in [3.05, 3.63) is 71.8 Å². The van der Waals surface area contributed by atoms with Crippen molar-refractivity contribution in [2.45, 2.75) is 31.3 Å². The molecule has 0 aliphatic carbocycles. The van der Waals surface area contributed by atoms with Crippen molar-refractivity contribution in [1.82, 2.24) is 4.81 Å². The van der Waals surface area contributed by atoms with E-state index in [1.165, 1.54) is 24.0 Å². The van der Waals surface area contributed by atoms with Gasteiger partial charge >= 0.3 is 7.05 Å². The van der Waals surface area contributed by atoms with Gasteiger partial charge in [-0.2, -0.15) is 0 Å². The van der Waals surface area contributed by atoms with Crippen LogP contribution in [0.15, 0.2) is 60.7 Å². The van der Waals surface area contributed by atoms with Gasteiger partial charge in [0.1, 0.15) is 5.60 Å². The Bertz CT molecular complexity index is 580. The summed E-state index contributed by atoms with van der Waals surface area (Å²) in [6.07, 6.45) is 2.47. The zero-order valence-corrected chi connectivity index (χ0v) is 12.9. The highest BCUT2D eigenvalue weighted by Crippen LogP contribution is 2.48. The first-order chi connectivity index (χ1) is 10.3. The molecule has 2 aromatic rings. The van der Waals surface area contributed by atoms with Crippen LogP contribution >= 0.6 is 0 Å². The third kappa shape index (κ3) is 2.10. The topological polar surface area (TPSA) is 44.0 Å². The van der Waals surface area contributed by atoms with Crippen LogP contribution < -0.4 is 0 Å². The number of benzene rings is 2. The van der Waals surface area contributed by atoms with Gasteiger partial charge < -0.3 is 14.9 Å². The Morgan fingerprint density at radius 1 is 1.00 bits per heavy atom. The van der Waals surface area contributed by atoms with Gasteiger partial charge in [-0.15, -0.1) is 0 Å². The van der Waals surface area contributed by atoms with E-state index in [0.717, 1.165) is 6.54 Å². The van der Waals surface area contributed by atoms with E-state index in [2.05, 4.69) is 72.3 Å². The molecule has 2 saturated heterocycles. The lowest BCUT2D eigenvalue weighted by atomic mass is 9.79. The van der Waals surface area contributed by atoms with Crippen molar-refractivity contribution in [3.63, 3.8) is 0 Å². The highest BCUT2D eigenvalue weighted by Gasteiger charge is 2.56. The van der Waals surface area contributed by atoms with E-state index in [4.69, 9.17) is 4.65 Å². The highest BCUT2D eigenvalue weighted by molar-refractivity contribution is 6.48. The third-order valence-corrected chi connectivity index (χ3v) is 4.99. The SMILES string of the molecule is CB1OC(c2ccccc2)(c2ccccc2)[C@@H]2CCCN12.O. The standard InChI is InChI=1S/C18H20BNO.H2O/c1-19-20-14-8-13-17(20)18(21-19,15-9-4-2-5-10-15)16-11-6-3-7-12-16;/h2-7,9-12,17H,8,13-14H2,1H3;1H2/t17-;/m0./s1. The van der Waals surface area contributed by atoms with E-state index in [9.17, 15) is 0 Å². The van der Waals surface area contributed by atoms with Crippen molar-refractivity contribution < 1.29 is 10.1 Å². The Kier molecular flexibility index (Phi) is 4.08. The summed E-state index contributed by atoms with van der Waals surface area (Å²) in [4.78, 5) is 2.53. The lowest BCUT2D eigenvalue weighted by Gasteiger charge is -2.36. The molecule has 0 spiro atoms. The van der Waals surface area contributed by atoms with Gasteiger partial charge in [-0.1, -0.05) is 60.7 Å². The number of fused-ring (bicyclic) bond motifs is 1. The van der Waals surface area contributed by atoms with E-state index in [1.807, 2.05) is 0 Å². The van der Waals surface area contributed by atoms with E-state index in [-0.39, 0.29) is 18.1 Å². The average Bonchev–Trinajstić information content (AvgIpc) is 3.13. The van der Waals surface area contributed by atoms with E-state index >= 15 is 0 Å². The molecule has 2 aromatic carbocycles. The molecular formula is C18H22BNO2. The molecule has 114 valence electrons. The normalized spacial score (nSPS) is 23.1. The molecule has 0 bridgehead atoms. The fourth-order valence-corrected chi connectivity index (χ4v) is 4.14. The van der Waals surface area contributed by atoms with Gasteiger partial charge in [0.2, 0.25) is 0 Å². The maximum atomic E-state index is 6.61. The Hall–Kier alpha value is -1.62. The summed E-state index contributed by atoms with van der Waals surface area (Å²) in [6.45, 7) is 3.33. The minimum absolute atomic E-state index is 0. The summed E-state index contributed by atoms with van der Waals surface area (Å²) in [5.41, 5.74) is 2.23. The molecule has 2 aliphatic rings. The second-order valence-corrected chi connectivity index (χ2v) is 6.08. The molecule has 4 rings (SSSR count). The Labute approximate surface area is 132 Å². The second-order valence-electron chi connectivity index (χ2n) is 6.08. The van der Waals surface area contributed by atoms with Crippen LogP contribution in [0.25, 0.3) is 0 Å². The molecular weight excluding hydrogens is 273 g/mol. The van der Waals surface area contributed by atoms with Crippen LogP contribution in [0.4, 0.5) is 0 Å². The predicted octanol–water partition coefficient (Wildman–Crippen LogP) is 2.72. The zero-order valence-electron chi connectivity index (χ0n) is 12.9. The van der Waals surface area contributed by atoms with Crippen LogP contribution in [0.3, 0.4) is 0 Å². The first-order valence-electron chi connectivity index (χ1n) is 7.87. The Morgan fingerprint density at radius 2 is 1.55 bits per heavy atom. The molecule has 0 amide bonds. The molecule has 2 aliphatic heterocycles. The molecule has 3 nitrogen and oxygen atoms in total. The maximum Gasteiger partial charge on any atom is 0.380 e. The van der Waals surface area contributed by atoms with Crippen molar-refractivity contribution in [1.29, 1.82) is 0 Å². The summed E-state index contributed by atoms with van der Waals surface area (Å²) in [7, 11) is 0.179. The summed E-state index contributed by atoms with van der Waals surface area (Å²) < 4.78 is 6.61. The fraction of sp³-hybridized carbons (Fsp3) is 0.333. The lowest BCUT2D eigenvalue weighted by molar-refractivity contribution is 0.106. The van der Waals surface area contributed by atoms with Gasteiger partial charge in [-0.25, -0.2) is 0 Å². The largest absolute Gasteiger partial charge is 0.412 e. The highest BCUT2D eigenvalue weighted by atomic mass is 16.5. The fourth-order valence-electron chi connectivity index (χ4n) is 4.14. The van der Waals surface area contributed by atoms with E-state index in [1.54, 1.807) is 0 Å². The summed E-state index contributed by atoms with van der Waals surface area (Å²) in [6, 6.07) is 21.9. The minimum atomic E-state index is -0.321. The predicted molar refractivity (Wildman–Crippen MR) is 89.7 cm³/mol. The van der Waals surface area contributed by atoms with E-state index < -0.39 is 0 Å². The van der Waals surface area contributed by atoms with Crippen molar-refractivity contribution in [3.8, 4) is 0 Å². The molecule has 0 radical (unpaired) electrons. The average molecular weight is 295 g/mol. The quantitative estimate of drug-likeness (QED) is 0.800. The van der Waals surface area contributed by atoms with Crippen LogP contribution in [0.2, 0.25) is 6.82 Å². The molecule has 0 unspecified atom stereocenters. The molecule has 0 aromatic heterocycles. The van der Waals surface area contributed by atoms with E-state index in [0.29, 0.717) is 6.04 Å². The van der Waals surface area contributed by atoms with Gasteiger partial charge in [-0.05, 0) is 37.3 Å². The molecule has 2 N–H and O–H groups in total. The smallest absolute Gasteiger partial charge is 0.380 e. The monoisotopic (exact) mass is 295 g/mol. The van der Waals surface area contributed by atoms with Crippen LogP contribution in [0.1, 0.15) is 24.0 Å². The summed E-state index contributed by atoms with van der Waals surface area (Å²) in [5, 5.41) is 0. The minimum Gasteiger partial charge on any atom is -0.412 e. The number of hydrogen-bond donors (Lipinski definition) is 0. The number of hydrogen-bond acceptors (Lipinski definition) is 2. The van der Waals surface area contributed by atoms with Crippen LogP contribution in [-0.2, 0) is 10.3 Å². The molecule has 1 atom stereocenters. The molecule has 0 saturated carbocycles. The number of nitrogens with zero attached hydrogens (tertiary/aromatic N) is 1.